The van der Waals surface area contributed by atoms with E-state index in [9.17, 15) is 9.18 Å². The third-order valence-corrected chi connectivity index (χ3v) is 3.39. The van der Waals surface area contributed by atoms with Crippen LogP contribution >= 0.6 is 0 Å². The lowest BCUT2D eigenvalue weighted by Crippen LogP contribution is -2.36. The van der Waals surface area contributed by atoms with Crippen LogP contribution in [0.2, 0.25) is 0 Å². The molecule has 92 valence electrons. The van der Waals surface area contributed by atoms with Crippen LogP contribution in [0.4, 0.5) is 10.1 Å². The first-order valence-corrected chi connectivity index (χ1v) is 6.10. The van der Waals surface area contributed by atoms with E-state index in [-0.39, 0.29) is 11.9 Å². The van der Waals surface area contributed by atoms with Crippen molar-refractivity contribution in [2.75, 3.05) is 4.90 Å². The van der Waals surface area contributed by atoms with Gasteiger partial charge in [0.2, 0.25) is 5.91 Å². The minimum Gasteiger partial charge on any atom is -0.309 e. The van der Waals surface area contributed by atoms with Gasteiger partial charge in [-0.05, 0) is 30.0 Å². The minimum absolute atomic E-state index is 0.177. The Labute approximate surface area is 101 Å². The number of hydrogen-bond donors (Lipinski definition) is 0. The Hall–Kier alpha value is -1.38. The van der Waals surface area contributed by atoms with Crippen molar-refractivity contribution >= 4 is 11.6 Å². The highest BCUT2D eigenvalue weighted by Crippen LogP contribution is 2.30. The molecule has 1 fully saturated rings. The van der Waals surface area contributed by atoms with E-state index < -0.39 is 6.67 Å². The first-order chi connectivity index (χ1) is 8.13. The van der Waals surface area contributed by atoms with Crippen molar-refractivity contribution in [3.8, 4) is 0 Å². The minimum atomic E-state index is -0.457. The zero-order chi connectivity index (χ0) is 12.4. The topological polar surface area (TPSA) is 20.3 Å². The summed E-state index contributed by atoms with van der Waals surface area (Å²) in [5, 5.41) is 0. The first-order valence-electron chi connectivity index (χ1n) is 6.10. The number of carbonyl (C=O) groups excluding carboxylic acids is 1. The molecule has 17 heavy (non-hydrogen) atoms. The summed E-state index contributed by atoms with van der Waals surface area (Å²) in [5.74, 6) is 0.624. The number of halogens is 1. The molecule has 0 spiro atoms. The second kappa shape index (κ2) is 4.86. The number of benzene rings is 1. The molecule has 1 atom stereocenters. The van der Waals surface area contributed by atoms with E-state index in [0.717, 1.165) is 12.1 Å². The summed E-state index contributed by atoms with van der Waals surface area (Å²) in [6, 6.07) is 7.45. The highest BCUT2D eigenvalue weighted by atomic mass is 19.1. The Balaban J connectivity index is 2.26. The van der Waals surface area contributed by atoms with Crippen LogP contribution in [0.15, 0.2) is 24.3 Å². The van der Waals surface area contributed by atoms with Gasteiger partial charge < -0.3 is 4.90 Å². The molecule has 0 N–H and O–H groups in total. The maximum atomic E-state index is 12.4. The van der Waals surface area contributed by atoms with Crippen molar-refractivity contribution in [1.82, 2.24) is 0 Å². The molecule has 1 amide bonds. The Kier molecular flexibility index (Phi) is 3.46. The molecule has 2 rings (SSSR count). The van der Waals surface area contributed by atoms with Gasteiger partial charge in [-0.1, -0.05) is 26.0 Å². The molecule has 0 aliphatic carbocycles. The van der Waals surface area contributed by atoms with E-state index in [2.05, 4.69) is 13.8 Å². The van der Waals surface area contributed by atoms with E-state index in [1.165, 1.54) is 0 Å². The van der Waals surface area contributed by atoms with Crippen molar-refractivity contribution in [3.63, 3.8) is 0 Å². The Morgan fingerprint density at radius 2 is 2.00 bits per heavy atom. The van der Waals surface area contributed by atoms with Crippen LogP contribution in [-0.2, 0) is 11.5 Å². The molecule has 0 aromatic heterocycles. The second-order valence-electron chi connectivity index (χ2n) is 4.91. The van der Waals surface area contributed by atoms with Gasteiger partial charge in [0.15, 0.2) is 0 Å². The van der Waals surface area contributed by atoms with Crippen LogP contribution < -0.4 is 4.90 Å². The lowest BCUT2D eigenvalue weighted by atomic mass is 10.0. The molecule has 1 heterocycles. The van der Waals surface area contributed by atoms with Crippen LogP contribution in [0.3, 0.4) is 0 Å². The number of alkyl halides is 1. The monoisotopic (exact) mass is 235 g/mol. The van der Waals surface area contributed by atoms with Gasteiger partial charge >= 0.3 is 0 Å². The normalized spacial score (nSPS) is 20.4. The molecule has 1 saturated heterocycles. The zero-order valence-corrected chi connectivity index (χ0v) is 10.3. The van der Waals surface area contributed by atoms with E-state index in [1.54, 1.807) is 12.1 Å². The third-order valence-electron chi connectivity index (χ3n) is 3.39. The molecule has 2 nitrogen and oxygen atoms in total. The summed E-state index contributed by atoms with van der Waals surface area (Å²) in [4.78, 5) is 13.8. The number of nitrogens with zero attached hydrogens (tertiary/aromatic N) is 1. The molecule has 0 radical (unpaired) electrons. The number of amides is 1. The fourth-order valence-electron chi connectivity index (χ4n) is 2.42. The molecule has 3 heteroatoms. The van der Waals surface area contributed by atoms with Gasteiger partial charge in [0.1, 0.15) is 6.67 Å². The molecule has 1 aromatic rings. The quantitative estimate of drug-likeness (QED) is 0.787. The highest BCUT2D eigenvalue weighted by molar-refractivity contribution is 5.96. The van der Waals surface area contributed by atoms with Crippen LogP contribution in [0.1, 0.15) is 32.3 Å². The van der Waals surface area contributed by atoms with Gasteiger partial charge in [-0.2, -0.15) is 0 Å². The number of hydrogen-bond acceptors (Lipinski definition) is 1. The maximum absolute atomic E-state index is 12.4. The van der Waals surface area contributed by atoms with Crippen molar-refractivity contribution in [2.45, 2.75) is 39.4 Å². The SMILES string of the molecule is CC(C)C1CCC(=O)N1c1ccc(CF)cc1. The number of rotatable bonds is 3. The maximum Gasteiger partial charge on any atom is 0.227 e. The fraction of sp³-hybridized carbons (Fsp3) is 0.500. The Morgan fingerprint density at radius 3 is 2.53 bits per heavy atom. The predicted octanol–water partition coefficient (Wildman–Crippen LogP) is 3.31. The summed E-state index contributed by atoms with van der Waals surface area (Å²) in [5.41, 5.74) is 1.55. The zero-order valence-electron chi connectivity index (χ0n) is 10.3. The average Bonchev–Trinajstić information content (AvgIpc) is 2.71. The summed E-state index contributed by atoms with van der Waals surface area (Å²) in [6.07, 6.45) is 1.54. The molecule has 0 bridgehead atoms. The average molecular weight is 235 g/mol. The summed E-state index contributed by atoms with van der Waals surface area (Å²) >= 11 is 0. The smallest absolute Gasteiger partial charge is 0.227 e. The van der Waals surface area contributed by atoms with Gasteiger partial charge in [-0.15, -0.1) is 0 Å². The van der Waals surface area contributed by atoms with Gasteiger partial charge in [0.05, 0.1) is 0 Å². The van der Waals surface area contributed by atoms with E-state index >= 15 is 0 Å². The molecular formula is C14H18FNO. The summed E-state index contributed by atoms with van der Waals surface area (Å²) in [7, 11) is 0. The predicted molar refractivity (Wildman–Crippen MR) is 66.6 cm³/mol. The number of carbonyl (C=O) groups is 1. The van der Waals surface area contributed by atoms with Crippen molar-refractivity contribution in [1.29, 1.82) is 0 Å². The van der Waals surface area contributed by atoms with Crippen LogP contribution in [0.5, 0.6) is 0 Å². The standard InChI is InChI=1S/C14H18FNO/c1-10(2)13-7-8-14(17)16(13)12-5-3-11(9-15)4-6-12/h3-6,10,13H,7-9H2,1-2H3. The second-order valence-corrected chi connectivity index (χ2v) is 4.91. The third kappa shape index (κ3) is 2.33. The van der Waals surface area contributed by atoms with Gasteiger partial charge in [0.25, 0.3) is 0 Å². The molecule has 1 aliphatic heterocycles. The van der Waals surface area contributed by atoms with E-state index in [4.69, 9.17) is 0 Å². The summed E-state index contributed by atoms with van der Waals surface area (Å²) < 4.78 is 12.4. The Bertz CT molecular complexity index is 399. The molecule has 1 aliphatic rings. The fourth-order valence-corrected chi connectivity index (χ4v) is 2.42. The summed E-state index contributed by atoms with van der Waals surface area (Å²) in [6.45, 7) is 3.81. The molecule has 1 aromatic carbocycles. The van der Waals surface area contributed by atoms with Crippen LogP contribution in [0.25, 0.3) is 0 Å². The van der Waals surface area contributed by atoms with Gasteiger partial charge in [0, 0.05) is 18.2 Å². The van der Waals surface area contributed by atoms with Crippen LogP contribution in [-0.4, -0.2) is 11.9 Å². The largest absolute Gasteiger partial charge is 0.309 e. The van der Waals surface area contributed by atoms with Gasteiger partial charge in [-0.25, -0.2) is 4.39 Å². The lowest BCUT2D eigenvalue weighted by molar-refractivity contribution is -0.117. The first kappa shape index (κ1) is 12.1. The number of anilines is 1. The van der Waals surface area contributed by atoms with E-state index in [1.807, 2.05) is 17.0 Å². The van der Waals surface area contributed by atoms with Crippen molar-refractivity contribution in [3.05, 3.63) is 29.8 Å². The van der Waals surface area contributed by atoms with Crippen LogP contribution in [0, 0.1) is 5.92 Å². The lowest BCUT2D eigenvalue weighted by Gasteiger charge is -2.28. The highest BCUT2D eigenvalue weighted by Gasteiger charge is 2.33. The molecular weight excluding hydrogens is 217 g/mol. The van der Waals surface area contributed by atoms with Crippen molar-refractivity contribution < 1.29 is 9.18 Å². The van der Waals surface area contributed by atoms with Crippen molar-refractivity contribution in [2.24, 2.45) is 5.92 Å². The van der Waals surface area contributed by atoms with Gasteiger partial charge in [-0.3, -0.25) is 4.79 Å². The molecule has 0 saturated carbocycles. The van der Waals surface area contributed by atoms with E-state index in [0.29, 0.717) is 17.9 Å². The Morgan fingerprint density at radius 1 is 1.35 bits per heavy atom. The molecule has 1 unspecified atom stereocenters.